The number of likely N-dealkylation sites (tertiary alicyclic amines) is 1. The maximum absolute atomic E-state index is 14.6. The average molecular weight is 744 g/mol. The molecule has 4 saturated heterocycles. The van der Waals surface area contributed by atoms with E-state index in [-0.39, 0.29) is 63.6 Å². The van der Waals surface area contributed by atoms with E-state index in [4.69, 9.17) is 4.74 Å². The van der Waals surface area contributed by atoms with Crippen molar-refractivity contribution in [3.8, 4) is 0 Å². The molecule has 52 heavy (non-hydrogen) atoms. The Bertz CT molecular complexity index is 1490. The number of benzene rings is 1. The van der Waals surface area contributed by atoms with Crippen molar-refractivity contribution in [3.05, 3.63) is 35.4 Å². The molecule has 5 unspecified atom stereocenters. The minimum absolute atomic E-state index is 0.0177. The maximum atomic E-state index is 14.6. The van der Waals surface area contributed by atoms with Gasteiger partial charge in [-0.05, 0) is 74.8 Å². The first-order valence-corrected chi connectivity index (χ1v) is 18.0. The number of alkyl halides is 6. The number of nitrogens with one attached hydrogen (secondary N) is 2. The van der Waals surface area contributed by atoms with Gasteiger partial charge in [0, 0.05) is 69.6 Å². The minimum Gasteiger partial charge on any atom is -0.396 e. The summed E-state index contributed by atoms with van der Waals surface area (Å²) in [6.45, 7) is 5.50. The molecule has 0 radical (unpaired) electrons. The van der Waals surface area contributed by atoms with Crippen LogP contribution in [0.1, 0.15) is 56.1 Å². The molecule has 6 fully saturated rings. The highest BCUT2D eigenvalue weighted by atomic mass is 19.4. The van der Waals surface area contributed by atoms with Gasteiger partial charge in [-0.25, -0.2) is 4.99 Å². The minimum atomic E-state index is -4.81. The molecule has 0 aromatic heterocycles. The van der Waals surface area contributed by atoms with Crippen LogP contribution in [-0.2, 0) is 31.8 Å². The van der Waals surface area contributed by atoms with Crippen LogP contribution in [-0.4, -0.2) is 111 Å². The van der Waals surface area contributed by atoms with Gasteiger partial charge in [0.25, 0.3) is 0 Å². The van der Waals surface area contributed by atoms with Crippen molar-refractivity contribution in [1.29, 1.82) is 0 Å². The zero-order valence-corrected chi connectivity index (χ0v) is 29.0. The first-order chi connectivity index (χ1) is 24.6. The van der Waals surface area contributed by atoms with Gasteiger partial charge in [0.15, 0.2) is 0 Å². The van der Waals surface area contributed by atoms with Crippen molar-refractivity contribution in [2.75, 3.05) is 59.0 Å². The van der Waals surface area contributed by atoms with Gasteiger partial charge in [-0.3, -0.25) is 14.4 Å². The van der Waals surface area contributed by atoms with Crippen LogP contribution in [0.25, 0.3) is 0 Å². The van der Waals surface area contributed by atoms with E-state index in [1.807, 2.05) is 0 Å². The number of nitrogens with zero attached hydrogens (tertiary/aromatic N) is 3. The predicted molar refractivity (Wildman–Crippen MR) is 177 cm³/mol. The Labute approximate surface area is 298 Å². The molecule has 2 aliphatic carbocycles. The average Bonchev–Trinajstić information content (AvgIpc) is 3.70. The van der Waals surface area contributed by atoms with Crippen LogP contribution in [0, 0.1) is 34.0 Å². The van der Waals surface area contributed by atoms with E-state index in [1.54, 1.807) is 4.90 Å². The second-order valence-electron chi connectivity index (χ2n) is 15.6. The highest BCUT2D eigenvalue weighted by molar-refractivity contribution is 5.89. The summed E-state index contributed by atoms with van der Waals surface area (Å²) < 4.78 is 88.5. The summed E-state index contributed by atoms with van der Waals surface area (Å²) in [7, 11) is 0. The third kappa shape index (κ3) is 7.36. The van der Waals surface area contributed by atoms with Gasteiger partial charge in [0.1, 0.15) is 5.41 Å². The number of amides is 3. The Morgan fingerprint density at radius 1 is 1.08 bits per heavy atom. The van der Waals surface area contributed by atoms with Crippen molar-refractivity contribution in [3.63, 3.8) is 0 Å². The molecule has 16 heteroatoms. The van der Waals surface area contributed by atoms with Crippen LogP contribution in [0.4, 0.5) is 26.3 Å². The molecule has 3 amide bonds. The fourth-order valence-corrected chi connectivity index (χ4v) is 9.17. The Kier molecular flexibility index (Phi) is 10.9. The molecule has 6 aliphatic rings. The molecule has 3 N–H and O–H groups in total. The van der Waals surface area contributed by atoms with E-state index in [1.165, 1.54) is 17.0 Å². The number of hydrogen-bond donors (Lipinski definition) is 3. The summed E-state index contributed by atoms with van der Waals surface area (Å²) in [6, 6.07) is 4.74. The van der Waals surface area contributed by atoms with E-state index < -0.39 is 64.2 Å². The summed E-state index contributed by atoms with van der Waals surface area (Å²) in [5, 5.41) is 16.5. The predicted octanol–water partition coefficient (Wildman–Crippen LogP) is 3.82. The van der Waals surface area contributed by atoms with Crippen molar-refractivity contribution >= 4 is 24.4 Å². The van der Waals surface area contributed by atoms with Crippen molar-refractivity contribution in [2.45, 2.75) is 69.9 Å². The Morgan fingerprint density at radius 2 is 1.81 bits per heavy atom. The molecule has 1 aromatic carbocycles. The summed E-state index contributed by atoms with van der Waals surface area (Å²) in [5.41, 5.74) is -3.77. The van der Waals surface area contributed by atoms with Gasteiger partial charge in [0.2, 0.25) is 17.7 Å². The first-order valence-electron chi connectivity index (χ1n) is 18.0. The molecule has 4 aliphatic heterocycles. The quantitative estimate of drug-likeness (QED) is 0.151. The Morgan fingerprint density at radius 3 is 2.42 bits per heavy atom. The number of aliphatic hydroxyl groups is 1. The van der Waals surface area contributed by atoms with E-state index in [0.29, 0.717) is 44.8 Å². The number of rotatable bonds is 14. The lowest BCUT2D eigenvalue weighted by Gasteiger charge is -2.51. The largest absolute Gasteiger partial charge is 0.416 e. The smallest absolute Gasteiger partial charge is 0.396 e. The van der Waals surface area contributed by atoms with Gasteiger partial charge < -0.3 is 30.3 Å². The van der Waals surface area contributed by atoms with Crippen molar-refractivity contribution in [2.24, 2.45) is 39.0 Å². The molecule has 288 valence electrons. The first kappa shape index (κ1) is 38.6. The monoisotopic (exact) mass is 743 g/mol. The van der Waals surface area contributed by atoms with Crippen LogP contribution in [0.5, 0.6) is 0 Å². The number of carbonyl (C=O) groups is 3. The third-order valence-electron chi connectivity index (χ3n) is 12.6. The number of hydrogen-bond acceptors (Lipinski definition) is 7. The second-order valence-corrected chi connectivity index (χ2v) is 15.6. The lowest BCUT2D eigenvalue weighted by Crippen LogP contribution is -2.65. The standard InChI is InChI=1S/C36H47F6N5O5/c1-43-30(50)28-17-45-18-33(28)19-47(20-33)31(51)34(36(40,41)42)15-26(34)6-7-29(49)46(12-9-25-14-27-8-10-32(25,21-48)22-52-27)13-11-44-16-23-2-4-24(5-3-23)35(37,38)39/h2-5,25-28,44-45,48H,1,6-22H2/t25?,26?,27?,28-,32?,34?/m0/s1. The number of carbonyl (C=O) groups excluding carboxylic acids is 3. The van der Waals surface area contributed by atoms with E-state index in [9.17, 15) is 45.8 Å². The number of aliphatic hydroxyl groups excluding tert-OH is 1. The third-order valence-corrected chi connectivity index (χ3v) is 12.6. The van der Waals surface area contributed by atoms with Gasteiger partial charge in [-0.2, -0.15) is 26.3 Å². The molecule has 7 rings (SSSR count). The Balaban J connectivity index is 1.07. The highest BCUT2D eigenvalue weighted by Gasteiger charge is 2.76. The summed E-state index contributed by atoms with van der Waals surface area (Å²) in [4.78, 5) is 45.7. The summed E-state index contributed by atoms with van der Waals surface area (Å²) in [5.74, 6) is -3.31. The molecular formula is C36H47F6N5O5. The number of aliphatic imine (C=N–C) groups is 1. The van der Waals surface area contributed by atoms with Gasteiger partial charge in [-0.1, -0.05) is 12.1 Å². The van der Waals surface area contributed by atoms with Crippen LogP contribution < -0.4 is 10.6 Å². The lowest BCUT2D eigenvalue weighted by atomic mass is 9.63. The summed E-state index contributed by atoms with van der Waals surface area (Å²) >= 11 is 0. The highest BCUT2D eigenvalue weighted by Crippen LogP contribution is 2.66. The molecular weight excluding hydrogens is 696 g/mol. The SMILES string of the molecule is C=NC(=O)[C@@H]1CNCC12CN(C(=O)C1(C(F)(F)F)CC1CCC(=O)N(CCNCc1ccc(C(F)(F)F)cc1)CCC1CC3CCC1(CO)CO3)C2. The van der Waals surface area contributed by atoms with E-state index >= 15 is 0 Å². The molecule has 2 bridgehead atoms. The van der Waals surface area contributed by atoms with Crippen LogP contribution in [0.15, 0.2) is 29.3 Å². The summed E-state index contributed by atoms with van der Waals surface area (Å²) in [6.07, 6.45) is -6.89. The second kappa shape index (κ2) is 14.6. The molecule has 6 atom stereocenters. The van der Waals surface area contributed by atoms with E-state index in [2.05, 4.69) is 22.3 Å². The fraction of sp³-hybridized carbons (Fsp3) is 0.722. The molecule has 2 saturated carbocycles. The number of fused-ring (bicyclic) bond motifs is 3. The fourth-order valence-electron chi connectivity index (χ4n) is 9.17. The van der Waals surface area contributed by atoms with E-state index in [0.717, 1.165) is 31.4 Å². The lowest BCUT2D eigenvalue weighted by molar-refractivity contribution is -0.209. The Hall–Kier alpha value is -3.08. The van der Waals surface area contributed by atoms with Gasteiger partial charge in [0.05, 0.1) is 30.8 Å². The molecule has 4 heterocycles. The van der Waals surface area contributed by atoms with Crippen molar-refractivity contribution in [1.82, 2.24) is 20.4 Å². The molecule has 1 spiro atoms. The maximum Gasteiger partial charge on any atom is 0.416 e. The normalized spacial score (nSPS) is 30.6. The van der Waals surface area contributed by atoms with Crippen LogP contribution in [0.2, 0.25) is 0 Å². The zero-order chi connectivity index (χ0) is 37.5. The number of ether oxygens (including phenoxy) is 1. The number of halogens is 6. The van der Waals surface area contributed by atoms with Crippen LogP contribution >= 0.6 is 0 Å². The van der Waals surface area contributed by atoms with Gasteiger partial charge >= 0.3 is 12.4 Å². The molecule has 10 nitrogen and oxygen atoms in total. The topological polar surface area (TPSA) is 124 Å². The van der Waals surface area contributed by atoms with Gasteiger partial charge in [-0.15, -0.1) is 0 Å². The van der Waals surface area contributed by atoms with Crippen LogP contribution in [0.3, 0.4) is 0 Å². The zero-order valence-electron chi connectivity index (χ0n) is 29.0. The van der Waals surface area contributed by atoms with Crippen molar-refractivity contribution < 1.29 is 50.6 Å². The molecule has 1 aromatic rings.